The molecule has 0 spiro atoms. The normalized spacial score (nSPS) is 17.3. The molecule has 0 N–H and O–H groups in total. The first kappa shape index (κ1) is 19.7. The summed E-state index contributed by atoms with van der Waals surface area (Å²) in [6.45, 7) is 10.5. The molecule has 3 nitrogen and oxygen atoms in total. The molecule has 0 aliphatic carbocycles. The number of nitrogens with zero attached hydrogens (tertiary/aromatic N) is 1. The lowest BCUT2D eigenvalue weighted by molar-refractivity contribution is 0.00578. The van der Waals surface area contributed by atoms with Gasteiger partial charge in [-0.05, 0) is 82.0 Å². The van der Waals surface area contributed by atoms with Crippen LogP contribution in [0.25, 0.3) is 0 Å². The molecule has 1 aliphatic rings. The summed E-state index contributed by atoms with van der Waals surface area (Å²) in [7, 11) is -0.351. The van der Waals surface area contributed by atoms with Crippen molar-refractivity contribution in [1.29, 1.82) is 0 Å². The van der Waals surface area contributed by atoms with E-state index in [-0.39, 0.29) is 18.3 Å². The largest absolute Gasteiger partial charge is 0.495 e. The van der Waals surface area contributed by atoms with E-state index in [0.717, 1.165) is 28.1 Å². The van der Waals surface area contributed by atoms with E-state index in [1.165, 1.54) is 0 Å². The van der Waals surface area contributed by atoms with Crippen LogP contribution in [0.15, 0.2) is 78.9 Å². The number of rotatable bonds is 4. The summed E-state index contributed by atoms with van der Waals surface area (Å²) >= 11 is 0. The van der Waals surface area contributed by atoms with E-state index in [2.05, 4.69) is 106 Å². The van der Waals surface area contributed by atoms with E-state index >= 15 is 0 Å². The molecular weight excluding hydrogens is 357 g/mol. The quantitative estimate of drug-likeness (QED) is 0.533. The zero-order chi connectivity index (χ0) is 20.6. The second-order valence-corrected chi connectivity index (χ2v) is 8.64. The van der Waals surface area contributed by atoms with Gasteiger partial charge in [-0.25, -0.2) is 0 Å². The molecule has 0 atom stereocenters. The van der Waals surface area contributed by atoms with Crippen molar-refractivity contribution in [3.05, 3.63) is 84.4 Å². The van der Waals surface area contributed by atoms with Crippen molar-refractivity contribution >= 4 is 29.6 Å². The molecule has 148 valence electrons. The number of anilines is 3. The zero-order valence-corrected chi connectivity index (χ0v) is 17.8. The summed E-state index contributed by atoms with van der Waals surface area (Å²) < 4.78 is 12.5. The molecule has 3 aromatic carbocycles. The van der Waals surface area contributed by atoms with Crippen LogP contribution in [-0.4, -0.2) is 18.3 Å². The fraction of sp³-hybridized carbons (Fsp3) is 0.280. The number of hydrogen-bond acceptors (Lipinski definition) is 3. The second kappa shape index (κ2) is 7.36. The summed E-state index contributed by atoms with van der Waals surface area (Å²) in [4.78, 5) is 2.26. The van der Waals surface area contributed by atoms with Crippen LogP contribution in [0.1, 0.15) is 33.3 Å². The number of para-hydroxylation sites is 2. The van der Waals surface area contributed by atoms with Gasteiger partial charge in [-0.1, -0.05) is 42.5 Å². The maximum Gasteiger partial charge on any atom is 0.495 e. The lowest BCUT2D eigenvalue weighted by Crippen LogP contribution is -2.41. The molecule has 0 bridgehead atoms. The highest BCUT2D eigenvalue weighted by atomic mass is 16.7. The molecule has 0 radical (unpaired) electrons. The van der Waals surface area contributed by atoms with E-state index in [1.54, 1.807) is 0 Å². The van der Waals surface area contributed by atoms with Crippen LogP contribution in [0.5, 0.6) is 0 Å². The molecule has 0 aromatic heterocycles. The maximum absolute atomic E-state index is 6.26. The zero-order valence-electron chi connectivity index (χ0n) is 17.8. The monoisotopic (exact) mass is 385 g/mol. The average molecular weight is 385 g/mol. The third kappa shape index (κ3) is 3.70. The Hall–Kier alpha value is -2.56. The predicted molar refractivity (Wildman–Crippen MR) is 122 cm³/mol. The van der Waals surface area contributed by atoms with Crippen LogP contribution in [0.4, 0.5) is 17.1 Å². The fourth-order valence-electron chi connectivity index (χ4n) is 3.63. The van der Waals surface area contributed by atoms with Crippen molar-refractivity contribution in [2.75, 3.05) is 4.90 Å². The van der Waals surface area contributed by atoms with Gasteiger partial charge in [-0.15, -0.1) is 0 Å². The van der Waals surface area contributed by atoms with Gasteiger partial charge >= 0.3 is 7.12 Å². The summed E-state index contributed by atoms with van der Waals surface area (Å²) in [5.41, 5.74) is 4.90. The van der Waals surface area contributed by atoms with Crippen molar-refractivity contribution in [1.82, 2.24) is 0 Å². The molecule has 1 heterocycles. The number of aryl methyl sites for hydroxylation is 1. The van der Waals surface area contributed by atoms with Crippen LogP contribution >= 0.6 is 0 Å². The van der Waals surface area contributed by atoms with Crippen molar-refractivity contribution in [2.24, 2.45) is 0 Å². The van der Waals surface area contributed by atoms with Crippen molar-refractivity contribution in [3.63, 3.8) is 0 Å². The molecule has 1 aliphatic heterocycles. The Morgan fingerprint density at radius 1 is 0.655 bits per heavy atom. The standard InChI is InChI=1S/C25H28BNO2/c1-19-18-22(16-17-23(19)26-28-24(2,3)25(4,5)29-26)27(20-12-8-6-9-13-20)21-14-10-7-11-15-21/h6-18H,1-5H3. The van der Waals surface area contributed by atoms with Gasteiger partial charge in [0.15, 0.2) is 0 Å². The molecule has 1 saturated heterocycles. The lowest BCUT2D eigenvalue weighted by Gasteiger charge is -2.32. The van der Waals surface area contributed by atoms with E-state index in [1.807, 2.05) is 12.1 Å². The molecule has 0 amide bonds. The van der Waals surface area contributed by atoms with Crippen molar-refractivity contribution < 1.29 is 9.31 Å². The third-order valence-corrected chi connectivity index (χ3v) is 6.05. The van der Waals surface area contributed by atoms with Gasteiger partial charge < -0.3 is 14.2 Å². The van der Waals surface area contributed by atoms with Gasteiger partial charge in [-0.3, -0.25) is 0 Å². The van der Waals surface area contributed by atoms with Crippen molar-refractivity contribution in [3.8, 4) is 0 Å². The highest BCUT2D eigenvalue weighted by Gasteiger charge is 2.52. The summed E-state index contributed by atoms with van der Waals surface area (Å²) in [5, 5.41) is 0. The Morgan fingerprint density at radius 3 is 1.59 bits per heavy atom. The first-order valence-electron chi connectivity index (χ1n) is 10.1. The van der Waals surface area contributed by atoms with Crippen molar-refractivity contribution in [2.45, 2.75) is 45.8 Å². The Bertz CT molecular complexity index is 931. The summed E-state index contributed by atoms with van der Waals surface area (Å²) in [6.07, 6.45) is 0. The summed E-state index contributed by atoms with van der Waals surface area (Å²) in [5.74, 6) is 0. The average Bonchev–Trinajstić information content (AvgIpc) is 2.91. The van der Waals surface area contributed by atoms with Gasteiger partial charge in [-0.2, -0.15) is 0 Å². The predicted octanol–water partition coefficient (Wildman–Crippen LogP) is 5.76. The Kier molecular flexibility index (Phi) is 5.01. The SMILES string of the molecule is Cc1cc(N(c2ccccc2)c2ccccc2)ccc1B1OC(C)(C)C(C)(C)O1. The molecule has 1 fully saturated rings. The minimum atomic E-state index is -0.351. The fourth-order valence-corrected chi connectivity index (χ4v) is 3.63. The summed E-state index contributed by atoms with van der Waals surface area (Å²) in [6, 6.07) is 27.4. The molecule has 0 saturated carbocycles. The number of hydrogen-bond donors (Lipinski definition) is 0. The molecule has 4 rings (SSSR count). The van der Waals surface area contributed by atoms with Gasteiger partial charge in [0, 0.05) is 17.1 Å². The van der Waals surface area contributed by atoms with Crippen LogP contribution in [0.2, 0.25) is 0 Å². The minimum absolute atomic E-state index is 0.344. The highest BCUT2D eigenvalue weighted by Crippen LogP contribution is 2.38. The van der Waals surface area contributed by atoms with E-state index in [0.29, 0.717) is 0 Å². The smallest absolute Gasteiger partial charge is 0.399 e. The molecule has 4 heteroatoms. The van der Waals surface area contributed by atoms with Crippen LogP contribution in [0, 0.1) is 6.92 Å². The van der Waals surface area contributed by atoms with E-state index in [4.69, 9.17) is 9.31 Å². The van der Waals surface area contributed by atoms with Crippen LogP contribution in [0.3, 0.4) is 0 Å². The van der Waals surface area contributed by atoms with Gasteiger partial charge in [0.1, 0.15) is 0 Å². The maximum atomic E-state index is 6.26. The first-order valence-corrected chi connectivity index (χ1v) is 10.1. The first-order chi connectivity index (χ1) is 13.8. The van der Waals surface area contributed by atoms with Crippen LogP contribution in [-0.2, 0) is 9.31 Å². The van der Waals surface area contributed by atoms with Gasteiger partial charge in [0.2, 0.25) is 0 Å². The Labute approximate surface area is 174 Å². The highest BCUT2D eigenvalue weighted by molar-refractivity contribution is 6.62. The topological polar surface area (TPSA) is 21.7 Å². The number of benzene rings is 3. The van der Waals surface area contributed by atoms with Gasteiger partial charge in [0.25, 0.3) is 0 Å². The molecule has 29 heavy (non-hydrogen) atoms. The minimum Gasteiger partial charge on any atom is -0.399 e. The van der Waals surface area contributed by atoms with E-state index < -0.39 is 0 Å². The van der Waals surface area contributed by atoms with E-state index in [9.17, 15) is 0 Å². The molecule has 3 aromatic rings. The molecular formula is C25H28BNO2. The second-order valence-electron chi connectivity index (χ2n) is 8.64. The van der Waals surface area contributed by atoms with Gasteiger partial charge in [0.05, 0.1) is 11.2 Å². The Morgan fingerprint density at radius 2 is 1.14 bits per heavy atom. The van der Waals surface area contributed by atoms with Crippen LogP contribution < -0.4 is 10.4 Å². The third-order valence-electron chi connectivity index (χ3n) is 6.05. The Balaban J connectivity index is 1.72. The molecule has 0 unspecified atom stereocenters. The lowest BCUT2D eigenvalue weighted by atomic mass is 9.76.